The van der Waals surface area contributed by atoms with Crippen LogP contribution in [0.4, 0.5) is 17.1 Å². The third kappa shape index (κ3) is 8.43. The molecule has 0 radical (unpaired) electrons. The zero-order chi connectivity index (χ0) is 36.5. The summed E-state index contributed by atoms with van der Waals surface area (Å²) in [5, 5.41) is 8.13. The van der Waals surface area contributed by atoms with Crippen molar-refractivity contribution in [2.75, 3.05) is 4.90 Å². The first-order valence-corrected chi connectivity index (χ1v) is 16.6. The Morgan fingerprint density at radius 2 is 0.827 bits per heavy atom. The molecule has 0 aliphatic heterocycles. The number of benzene rings is 6. The third-order valence-electron chi connectivity index (χ3n) is 8.30. The van der Waals surface area contributed by atoms with Gasteiger partial charge in [0.2, 0.25) is 0 Å². The second-order valence-electron chi connectivity index (χ2n) is 12.0. The minimum atomic E-state index is -0.537. The first-order valence-electron chi connectivity index (χ1n) is 16.6. The molecule has 0 bridgehead atoms. The summed E-state index contributed by atoms with van der Waals surface area (Å²) in [6.07, 6.45) is 0. The Labute approximate surface area is 302 Å². The Kier molecular flexibility index (Phi) is 10.9. The van der Waals surface area contributed by atoms with Crippen LogP contribution in [0, 0.1) is 6.92 Å². The van der Waals surface area contributed by atoms with Crippen LogP contribution in [0.5, 0.6) is 0 Å². The highest BCUT2D eigenvalue weighted by Crippen LogP contribution is 2.35. The van der Waals surface area contributed by atoms with E-state index in [1.807, 2.05) is 116 Å². The summed E-state index contributed by atoms with van der Waals surface area (Å²) in [4.78, 5) is 50.5. The highest BCUT2D eigenvalue weighted by Gasteiger charge is 2.16. The standard InChI is InChI=1S/C44H35N3O5/c1-30-11-10-16-38(29-30)42(48)35-21-27-41(28-22-35)47(39-23-17-33(18-24-39)31(2)45-51-43(49)36-12-6-4-7-13-36)40-25-19-34(20-26-40)32(3)46-52-44(50)37-14-8-5-9-15-37/h4-29H,1-3H3/b45-31+,46-32+. The van der Waals surface area contributed by atoms with Crippen molar-refractivity contribution < 1.29 is 24.1 Å². The minimum absolute atomic E-state index is 0.0547. The molecule has 256 valence electrons. The Balaban J connectivity index is 1.27. The van der Waals surface area contributed by atoms with Gasteiger partial charge in [-0.2, -0.15) is 0 Å². The van der Waals surface area contributed by atoms with E-state index in [1.165, 1.54) is 0 Å². The van der Waals surface area contributed by atoms with Crippen LogP contribution >= 0.6 is 0 Å². The van der Waals surface area contributed by atoms with Crippen LogP contribution in [0.1, 0.15) is 67.2 Å². The maximum atomic E-state index is 13.3. The number of anilines is 3. The quantitative estimate of drug-likeness (QED) is 0.0583. The smallest absolute Gasteiger partial charge is 0.313 e. The molecule has 0 fully saturated rings. The van der Waals surface area contributed by atoms with E-state index in [-0.39, 0.29) is 5.78 Å². The Hall–Kier alpha value is -6.93. The molecule has 52 heavy (non-hydrogen) atoms. The average Bonchev–Trinajstić information content (AvgIpc) is 3.20. The van der Waals surface area contributed by atoms with Crippen LogP contribution in [-0.4, -0.2) is 29.1 Å². The lowest BCUT2D eigenvalue weighted by atomic mass is 10.0. The number of ketones is 1. The second kappa shape index (κ2) is 16.2. The molecule has 0 aliphatic rings. The van der Waals surface area contributed by atoms with Crippen LogP contribution in [0.2, 0.25) is 0 Å². The van der Waals surface area contributed by atoms with Crippen LogP contribution in [-0.2, 0) is 9.68 Å². The lowest BCUT2D eigenvalue weighted by Gasteiger charge is -2.26. The van der Waals surface area contributed by atoms with Gasteiger partial charge >= 0.3 is 11.9 Å². The van der Waals surface area contributed by atoms with E-state index in [1.54, 1.807) is 62.4 Å². The summed E-state index contributed by atoms with van der Waals surface area (Å²) in [5.74, 6) is -1.13. The van der Waals surface area contributed by atoms with Gasteiger partial charge in [0.05, 0.1) is 22.6 Å². The maximum absolute atomic E-state index is 13.3. The molecule has 8 heteroatoms. The lowest BCUT2D eigenvalue weighted by Crippen LogP contribution is -2.11. The first kappa shape index (κ1) is 34.9. The molecule has 8 nitrogen and oxygen atoms in total. The van der Waals surface area contributed by atoms with Crippen LogP contribution in [0.25, 0.3) is 0 Å². The first-order chi connectivity index (χ1) is 25.3. The van der Waals surface area contributed by atoms with E-state index in [0.29, 0.717) is 33.7 Å². The summed E-state index contributed by atoms with van der Waals surface area (Å²) in [6, 6.07) is 47.8. The Morgan fingerprint density at radius 1 is 0.442 bits per heavy atom. The Morgan fingerprint density at radius 3 is 1.23 bits per heavy atom. The summed E-state index contributed by atoms with van der Waals surface area (Å²) in [5.41, 5.74) is 8.18. The molecule has 0 aliphatic carbocycles. The van der Waals surface area contributed by atoms with E-state index in [4.69, 9.17) is 9.68 Å². The van der Waals surface area contributed by atoms with Crippen LogP contribution in [0.15, 0.2) is 168 Å². The van der Waals surface area contributed by atoms with Gasteiger partial charge in [0.1, 0.15) is 0 Å². The molecule has 0 heterocycles. The summed E-state index contributed by atoms with van der Waals surface area (Å²) < 4.78 is 0. The van der Waals surface area contributed by atoms with Crippen molar-refractivity contribution in [2.45, 2.75) is 20.8 Å². The molecule has 0 unspecified atom stereocenters. The number of hydrogen-bond acceptors (Lipinski definition) is 8. The van der Waals surface area contributed by atoms with Crippen molar-refractivity contribution in [3.8, 4) is 0 Å². The van der Waals surface area contributed by atoms with Gasteiger partial charge in [0.15, 0.2) is 5.78 Å². The van der Waals surface area contributed by atoms with Crippen LogP contribution < -0.4 is 4.90 Å². The zero-order valence-corrected chi connectivity index (χ0v) is 28.9. The molecule has 0 amide bonds. The fraction of sp³-hybridized carbons (Fsp3) is 0.0682. The van der Waals surface area contributed by atoms with E-state index in [9.17, 15) is 14.4 Å². The average molecular weight is 686 g/mol. The number of aryl methyl sites for hydroxylation is 1. The lowest BCUT2D eigenvalue weighted by molar-refractivity contribution is 0.0508. The highest BCUT2D eigenvalue weighted by atomic mass is 16.7. The summed E-state index contributed by atoms with van der Waals surface area (Å²) >= 11 is 0. The molecule has 0 saturated carbocycles. The van der Waals surface area contributed by atoms with E-state index < -0.39 is 11.9 Å². The van der Waals surface area contributed by atoms with E-state index in [0.717, 1.165) is 33.8 Å². The fourth-order valence-corrected chi connectivity index (χ4v) is 5.44. The monoisotopic (exact) mass is 685 g/mol. The number of nitrogens with zero attached hydrogens (tertiary/aromatic N) is 3. The molecule has 6 aromatic rings. The minimum Gasteiger partial charge on any atom is -0.313 e. The molecule has 0 spiro atoms. The van der Waals surface area contributed by atoms with Gasteiger partial charge in [0.25, 0.3) is 0 Å². The van der Waals surface area contributed by atoms with Gasteiger partial charge in [-0.1, -0.05) is 94.7 Å². The molecular weight excluding hydrogens is 651 g/mol. The number of oxime groups is 2. The number of rotatable bonds is 11. The normalized spacial score (nSPS) is 11.4. The molecular formula is C44H35N3O5. The van der Waals surface area contributed by atoms with Crippen molar-refractivity contribution in [2.24, 2.45) is 10.3 Å². The molecule has 6 rings (SSSR count). The predicted octanol–water partition coefficient (Wildman–Crippen LogP) is 9.86. The molecule has 0 atom stereocenters. The number of hydrogen-bond donors (Lipinski definition) is 0. The predicted molar refractivity (Wildman–Crippen MR) is 204 cm³/mol. The molecule has 6 aromatic carbocycles. The number of carbonyl (C=O) groups excluding carboxylic acids is 3. The van der Waals surface area contributed by atoms with Crippen molar-refractivity contribution >= 4 is 46.2 Å². The van der Waals surface area contributed by atoms with Crippen molar-refractivity contribution in [3.63, 3.8) is 0 Å². The largest absolute Gasteiger partial charge is 0.365 e. The zero-order valence-electron chi connectivity index (χ0n) is 28.9. The van der Waals surface area contributed by atoms with Crippen LogP contribution in [0.3, 0.4) is 0 Å². The van der Waals surface area contributed by atoms with Gasteiger partial charge in [-0.3, -0.25) is 4.79 Å². The summed E-state index contributed by atoms with van der Waals surface area (Å²) in [7, 11) is 0. The van der Waals surface area contributed by atoms with Gasteiger partial charge < -0.3 is 14.6 Å². The van der Waals surface area contributed by atoms with E-state index >= 15 is 0 Å². The van der Waals surface area contributed by atoms with Gasteiger partial charge in [0, 0.05) is 28.2 Å². The third-order valence-corrected chi connectivity index (χ3v) is 8.30. The van der Waals surface area contributed by atoms with Gasteiger partial charge in [-0.25, -0.2) is 9.59 Å². The van der Waals surface area contributed by atoms with Crippen molar-refractivity contribution in [1.82, 2.24) is 0 Å². The second-order valence-corrected chi connectivity index (χ2v) is 12.0. The molecule has 0 aromatic heterocycles. The maximum Gasteiger partial charge on any atom is 0.365 e. The van der Waals surface area contributed by atoms with E-state index in [2.05, 4.69) is 15.2 Å². The van der Waals surface area contributed by atoms with Crippen molar-refractivity contribution in [1.29, 1.82) is 0 Å². The van der Waals surface area contributed by atoms with Gasteiger partial charge in [-0.05, 0) is 111 Å². The molecule has 0 N–H and O–H groups in total. The van der Waals surface area contributed by atoms with Gasteiger partial charge in [-0.15, -0.1) is 0 Å². The SMILES string of the molecule is C/C(=N\OC(=O)c1ccccc1)c1ccc(N(c2ccc(C(=O)c3cccc(C)c3)cc2)c2ccc(/C(C)=N/OC(=O)c3ccccc3)cc2)cc1. The topological polar surface area (TPSA) is 97.6 Å². The highest BCUT2D eigenvalue weighted by molar-refractivity contribution is 6.09. The number of carbonyl (C=O) groups is 3. The summed E-state index contributed by atoms with van der Waals surface area (Å²) in [6.45, 7) is 5.51. The Bertz CT molecular complexity index is 2130. The molecule has 0 saturated heterocycles. The fourth-order valence-electron chi connectivity index (χ4n) is 5.44. The van der Waals surface area contributed by atoms with Crippen molar-refractivity contribution in [3.05, 3.63) is 197 Å².